The molecule has 1 unspecified atom stereocenters. The smallest absolute Gasteiger partial charge is 0.340 e. The van der Waals surface area contributed by atoms with Crippen molar-refractivity contribution in [3.8, 4) is 0 Å². The highest BCUT2D eigenvalue weighted by molar-refractivity contribution is 5.92. The summed E-state index contributed by atoms with van der Waals surface area (Å²) < 4.78 is 15.1. The topological polar surface area (TPSA) is 61.8 Å². The molecule has 0 spiro atoms. The Morgan fingerprint density at radius 2 is 1.90 bits per heavy atom. The van der Waals surface area contributed by atoms with Crippen molar-refractivity contribution < 1.29 is 23.8 Å². The fraction of sp³-hybridized carbons (Fsp3) is 0.500. The van der Waals surface area contributed by atoms with Crippen LogP contribution >= 0.6 is 0 Å². The number of hydrogen-bond donors (Lipinski definition) is 0. The van der Waals surface area contributed by atoms with Crippen molar-refractivity contribution in [3.05, 3.63) is 35.1 Å². The molecule has 0 aromatic carbocycles. The van der Waals surface area contributed by atoms with Crippen LogP contribution in [0.2, 0.25) is 0 Å². The Balaban J connectivity index is 2.88. The van der Waals surface area contributed by atoms with Crippen LogP contribution in [0.1, 0.15) is 34.6 Å². The van der Waals surface area contributed by atoms with Crippen LogP contribution in [0.3, 0.4) is 0 Å². The molecule has 0 aromatic rings. The molecule has 1 aliphatic rings. The predicted molar refractivity (Wildman–Crippen MR) is 78.0 cm³/mol. The summed E-state index contributed by atoms with van der Waals surface area (Å²) in [5.74, 6) is -0.922. The number of allylic oxidation sites excluding steroid dienone is 1. The lowest BCUT2D eigenvalue weighted by molar-refractivity contribution is -0.153. The summed E-state index contributed by atoms with van der Waals surface area (Å²) in [6.45, 7) is 9.45. The normalized spacial score (nSPS) is 20.0. The van der Waals surface area contributed by atoms with E-state index in [-0.39, 0.29) is 11.0 Å². The van der Waals surface area contributed by atoms with Crippen LogP contribution in [-0.4, -0.2) is 25.3 Å². The predicted octanol–water partition coefficient (Wildman–Crippen LogP) is 2.88. The number of rotatable bonds is 4. The van der Waals surface area contributed by atoms with Crippen molar-refractivity contribution in [2.75, 3.05) is 7.11 Å². The average Bonchev–Trinajstić information content (AvgIpc) is 2.64. The van der Waals surface area contributed by atoms with Gasteiger partial charge in [0.15, 0.2) is 0 Å². The Morgan fingerprint density at radius 1 is 1.29 bits per heavy atom. The molecule has 0 bridgehead atoms. The number of hydrogen-bond acceptors (Lipinski definition) is 5. The average molecular weight is 294 g/mol. The van der Waals surface area contributed by atoms with Crippen molar-refractivity contribution in [2.24, 2.45) is 5.41 Å². The fourth-order valence-electron chi connectivity index (χ4n) is 1.49. The van der Waals surface area contributed by atoms with E-state index in [1.54, 1.807) is 19.9 Å². The van der Waals surface area contributed by atoms with Gasteiger partial charge in [0.1, 0.15) is 6.26 Å². The van der Waals surface area contributed by atoms with Gasteiger partial charge >= 0.3 is 11.9 Å². The molecule has 1 heterocycles. The molecule has 5 nitrogen and oxygen atoms in total. The number of cyclic esters (lactones) is 1. The van der Waals surface area contributed by atoms with Gasteiger partial charge in [0, 0.05) is 11.1 Å². The minimum absolute atomic E-state index is 0.0840. The van der Waals surface area contributed by atoms with Crippen LogP contribution in [0, 0.1) is 5.41 Å². The van der Waals surface area contributed by atoms with Crippen LogP contribution in [0.25, 0.3) is 0 Å². The van der Waals surface area contributed by atoms with Crippen molar-refractivity contribution in [3.63, 3.8) is 0 Å². The zero-order valence-corrected chi connectivity index (χ0v) is 13.4. The molecule has 0 N–H and O–H groups in total. The van der Waals surface area contributed by atoms with Crippen molar-refractivity contribution in [2.45, 2.75) is 40.9 Å². The van der Waals surface area contributed by atoms with E-state index < -0.39 is 18.2 Å². The Morgan fingerprint density at radius 3 is 2.33 bits per heavy atom. The molecule has 0 fully saturated rings. The zero-order valence-electron chi connectivity index (χ0n) is 13.4. The Hall–Kier alpha value is -2.04. The van der Waals surface area contributed by atoms with Crippen LogP contribution in [0.15, 0.2) is 35.1 Å². The maximum absolute atomic E-state index is 11.7. The van der Waals surface area contributed by atoms with Gasteiger partial charge in [0.25, 0.3) is 6.29 Å². The van der Waals surface area contributed by atoms with E-state index in [1.165, 1.54) is 13.4 Å². The molecule has 0 saturated heterocycles. The Kier molecular flexibility index (Phi) is 5.35. The third kappa shape index (κ3) is 4.77. The van der Waals surface area contributed by atoms with Gasteiger partial charge in [-0.2, -0.15) is 0 Å². The van der Waals surface area contributed by atoms with Crippen molar-refractivity contribution in [1.29, 1.82) is 0 Å². The van der Waals surface area contributed by atoms with Gasteiger partial charge in [0.2, 0.25) is 0 Å². The van der Waals surface area contributed by atoms with E-state index in [2.05, 4.69) is 0 Å². The highest BCUT2D eigenvalue weighted by Gasteiger charge is 2.29. The van der Waals surface area contributed by atoms with Gasteiger partial charge in [-0.1, -0.05) is 26.8 Å². The maximum Gasteiger partial charge on any atom is 0.340 e. The van der Waals surface area contributed by atoms with Gasteiger partial charge in [0.05, 0.1) is 12.7 Å². The molecule has 0 amide bonds. The molecular weight excluding hydrogens is 272 g/mol. The summed E-state index contributed by atoms with van der Waals surface area (Å²) in [6, 6.07) is 0. The van der Waals surface area contributed by atoms with Gasteiger partial charge in [-0.3, -0.25) is 0 Å². The van der Waals surface area contributed by atoms with Crippen LogP contribution < -0.4 is 0 Å². The maximum atomic E-state index is 11.7. The van der Waals surface area contributed by atoms with E-state index in [1.807, 2.05) is 26.8 Å². The summed E-state index contributed by atoms with van der Waals surface area (Å²) in [7, 11) is 1.30. The van der Waals surface area contributed by atoms with Gasteiger partial charge in [-0.15, -0.1) is 0 Å². The highest BCUT2D eigenvalue weighted by Crippen LogP contribution is 2.23. The van der Waals surface area contributed by atoms with Crippen molar-refractivity contribution in [1.82, 2.24) is 0 Å². The summed E-state index contributed by atoms with van der Waals surface area (Å²) in [4.78, 5) is 23.1. The monoisotopic (exact) mass is 294 g/mol. The third-order valence-corrected chi connectivity index (χ3v) is 2.97. The lowest BCUT2D eigenvalue weighted by Crippen LogP contribution is -2.14. The van der Waals surface area contributed by atoms with Gasteiger partial charge in [-0.05, 0) is 25.3 Å². The number of carbonyl (C=O) groups excluding carboxylic acids is 2. The lowest BCUT2D eigenvalue weighted by atomic mass is 9.95. The quantitative estimate of drug-likeness (QED) is 0.345. The third-order valence-electron chi connectivity index (χ3n) is 2.97. The summed E-state index contributed by atoms with van der Waals surface area (Å²) in [6.07, 6.45) is 3.97. The molecule has 116 valence electrons. The van der Waals surface area contributed by atoms with E-state index >= 15 is 0 Å². The van der Waals surface area contributed by atoms with Crippen molar-refractivity contribution >= 4 is 11.9 Å². The molecule has 21 heavy (non-hydrogen) atoms. The SMILES string of the molecule is COC(=O)C(/C=C/C(C)(C)C)=C/OC1OC(=O)C(C)=C1C. The largest absolute Gasteiger partial charge is 0.465 e. The van der Waals surface area contributed by atoms with Crippen LogP contribution in [0.4, 0.5) is 0 Å². The van der Waals surface area contributed by atoms with Crippen LogP contribution in [0.5, 0.6) is 0 Å². The van der Waals surface area contributed by atoms with E-state index in [9.17, 15) is 9.59 Å². The Labute approximate surface area is 125 Å². The first-order valence-corrected chi connectivity index (χ1v) is 6.67. The first kappa shape index (κ1) is 17.0. The van der Waals surface area contributed by atoms with Crippen LogP contribution in [-0.2, 0) is 23.8 Å². The lowest BCUT2D eigenvalue weighted by Gasteiger charge is -2.13. The molecule has 0 aromatic heterocycles. The molecular formula is C16H22O5. The molecule has 0 radical (unpaired) electrons. The second kappa shape index (κ2) is 6.61. The standard InChI is InChI=1S/C16H22O5/c1-10-11(2)15(21-13(10)17)20-9-12(14(18)19-6)7-8-16(3,4)5/h7-9,15H,1-6H3/b8-7+,12-9+. The van der Waals surface area contributed by atoms with E-state index in [0.29, 0.717) is 11.1 Å². The summed E-state index contributed by atoms with van der Waals surface area (Å²) in [5, 5.41) is 0. The number of carbonyl (C=O) groups is 2. The summed E-state index contributed by atoms with van der Waals surface area (Å²) >= 11 is 0. The molecule has 0 saturated carbocycles. The summed E-state index contributed by atoms with van der Waals surface area (Å²) in [5.41, 5.74) is 1.39. The molecule has 5 heteroatoms. The molecule has 1 atom stereocenters. The molecule has 1 aliphatic heterocycles. The minimum Gasteiger partial charge on any atom is -0.465 e. The second-order valence-electron chi connectivity index (χ2n) is 5.95. The zero-order chi connectivity index (χ0) is 16.2. The van der Waals surface area contributed by atoms with Gasteiger partial charge < -0.3 is 14.2 Å². The number of ether oxygens (including phenoxy) is 3. The fourth-order valence-corrected chi connectivity index (χ4v) is 1.49. The number of esters is 2. The molecule has 0 aliphatic carbocycles. The first-order valence-electron chi connectivity index (χ1n) is 6.67. The number of methoxy groups -OCH3 is 1. The van der Waals surface area contributed by atoms with E-state index in [0.717, 1.165) is 0 Å². The first-order chi connectivity index (χ1) is 9.65. The second-order valence-corrected chi connectivity index (χ2v) is 5.95. The molecule has 1 rings (SSSR count). The highest BCUT2D eigenvalue weighted by atomic mass is 16.7. The Bertz CT molecular complexity index is 517. The van der Waals surface area contributed by atoms with E-state index in [4.69, 9.17) is 14.2 Å². The minimum atomic E-state index is -0.791. The van der Waals surface area contributed by atoms with Gasteiger partial charge in [-0.25, -0.2) is 9.59 Å².